The van der Waals surface area contributed by atoms with Gasteiger partial charge in [0.05, 0.1) is 10.9 Å². The van der Waals surface area contributed by atoms with E-state index in [0.29, 0.717) is 10.7 Å². The SMILES string of the molecule is CC(c1ccc(S(N)(=O)=O)cc1)N(C)C(=O)Nc1cccc(Cl)c1. The second-order valence-electron chi connectivity index (χ2n) is 5.34. The molecule has 24 heavy (non-hydrogen) atoms. The highest BCUT2D eigenvalue weighted by Gasteiger charge is 2.18. The van der Waals surface area contributed by atoms with Crippen molar-refractivity contribution in [3.8, 4) is 0 Å². The zero-order valence-corrected chi connectivity index (χ0v) is 14.8. The molecule has 0 aromatic heterocycles. The maximum Gasteiger partial charge on any atom is 0.322 e. The number of anilines is 1. The third-order valence-corrected chi connectivity index (χ3v) is 4.83. The Morgan fingerprint density at radius 1 is 1.21 bits per heavy atom. The van der Waals surface area contributed by atoms with Gasteiger partial charge in [-0.1, -0.05) is 29.8 Å². The van der Waals surface area contributed by atoms with Crippen molar-refractivity contribution < 1.29 is 13.2 Å². The van der Waals surface area contributed by atoms with Crippen LogP contribution < -0.4 is 10.5 Å². The van der Waals surface area contributed by atoms with E-state index in [-0.39, 0.29) is 17.0 Å². The van der Waals surface area contributed by atoms with Crippen LogP contribution in [0.15, 0.2) is 53.4 Å². The van der Waals surface area contributed by atoms with Crippen molar-refractivity contribution in [3.63, 3.8) is 0 Å². The monoisotopic (exact) mass is 367 g/mol. The molecular formula is C16H18ClN3O3S. The van der Waals surface area contributed by atoms with E-state index in [2.05, 4.69) is 5.32 Å². The standard InChI is InChI=1S/C16H18ClN3O3S/c1-11(12-6-8-15(9-7-12)24(18,22)23)20(2)16(21)19-14-5-3-4-13(17)10-14/h3-11H,1-2H3,(H,19,21)(H2,18,22,23). The summed E-state index contributed by atoms with van der Waals surface area (Å²) in [6.07, 6.45) is 0. The Morgan fingerprint density at radius 3 is 2.38 bits per heavy atom. The molecule has 0 saturated heterocycles. The second-order valence-corrected chi connectivity index (χ2v) is 7.34. The molecule has 0 aliphatic rings. The fourth-order valence-electron chi connectivity index (χ4n) is 2.11. The molecule has 0 heterocycles. The molecule has 2 aromatic rings. The Bertz CT molecular complexity index is 838. The summed E-state index contributed by atoms with van der Waals surface area (Å²) < 4.78 is 22.6. The van der Waals surface area contributed by atoms with Crippen LogP contribution in [0.5, 0.6) is 0 Å². The minimum atomic E-state index is -3.73. The average Bonchev–Trinajstić information content (AvgIpc) is 2.52. The molecule has 0 aliphatic heterocycles. The van der Waals surface area contributed by atoms with Gasteiger partial charge in [0.15, 0.2) is 0 Å². The first kappa shape index (κ1) is 18.3. The Hall–Kier alpha value is -2.09. The van der Waals surface area contributed by atoms with Crippen molar-refractivity contribution in [1.29, 1.82) is 0 Å². The molecule has 128 valence electrons. The molecule has 1 atom stereocenters. The zero-order chi connectivity index (χ0) is 17.9. The fraction of sp³-hybridized carbons (Fsp3) is 0.188. The summed E-state index contributed by atoms with van der Waals surface area (Å²) in [7, 11) is -2.08. The van der Waals surface area contributed by atoms with E-state index in [1.807, 2.05) is 6.92 Å². The number of primary sulfonamides is 1. The fourth-order valence-corrected chi connectivity index (χ4v) is 2.82. The highest BCUT2D eigenvalue weighted by Crippen LogP contribution is 2.22. The van der Waals surface area contributed by atoms with Crippen LogP contribution in [0, 0.1) is 0 Å². The molecule has 0 fully saturated rings. The number of amides is 2. The summed E-state index contributed by atoms with van der Waals surface area (Å²) in [4.78, 5) is 13.9. The average molecular weight is 368 g/mol. The minimum absolute atomic E-state index is 0.0319. The number of carbonyl (C=O) groups excluding carboxylic acids is 1. The van der Waals surface area contributed by atoms with Gasteiger partial charge in [-0.3, -0.25) is 0 Å². The minimum Gasteiger partial charge on any atom is -0.321 e. The quantitative estimate of drug-likeness (QED) is 0.868. The highest BCUT2D eigenvalue weighted by atomic mass is 35.5. The molecule has 2 rings (SSSR count). The maximum atomic E-state index is 12.3. The molecule has 0 aliphatic carbocycles. The number of halogens is 1. The highest BCUT2D eigenvalue weighted by molar-refractivity contribution is 7.89. The van der Waals surface area contributed by atoms with Crippen molar-refractivity contribution in [2.45, 2.75) is 17.9 Å². The number of nitrogens with zero attached hydrogens (tertiary/aromatic N) is 1. The first-order chi connectivity index (χ1) is 11.2. The van der Waals surface area contributed by atoms with E-state index in [1.165, 1.54) is 17.0 Å². The van der Waals surface area contributed by atoms with Gasteiger partial charge >= 0.3 is 6.03 Å². The molecule has 0 bridgehead atoms. The summed E-state index contributed by atoms with van der Waals surface area (Å²) in [6.45, 7) is 1.84. The van der Waals surface area contributed by atoms with Crippen molar-refractivity contribution in [2.75, 3.05) is 12.4 Å². The number of nitrogens with one attached hydrogen (secondary N) is 1. The molecule has 8 heteroatoms. The van der Waals surface area contributed by atoms with Gasteiger partial charge in [0.2, 0.25) is 10.0 Å². The van der Waals surface area contributed by atoms with Gasteiger partial charge in [-0.15, -0.1) is 0 Å². The van der Waals surface area contributed by atoms with E-state index in [1.54, 1.807) is 43.4 Å². The van der Waals surface area contributed by atoms with Crippen LogP contribution in [-0.4, -0.2) is 26.4 Å². The van der Waals surface area contributed by atoms with E-state index in [0.717, 1.165) is 5.56 Å². The number of benzene rings is 2. The lowest BCUT2D eigenvalue weighted by Gasteiger charge is -2.25. The number of carbonyl (C=O) groups is 1. The Morgan fingerprint density at radius 2 is 1.83 bits per heavy atom. The second kappa shape index (κ2) is 7.21. The molecule has 1 unspecified atom stereocenters. The van der Waals surface area contributed by atoms with Gasteiger partial charge in [-0.25, -0.2) is 18.4 Å². The topological polar surface area (TPSA) is 92.5 Å². The van der Waals surface area contributed by atoms with Crippen LogP contribution >= 0.6 is 11.6 Å². The van der Waals surface area contributed by atoms with E-state index in [4.69, 9.17) is 16.7 Å². The van der Waals surface area contributed by atoms with Gasteiger partial charge in [-0.2, -0.15) is 0 Å². The summed E-state index contributed by atoms with van der Waals surface area (Å²) in [6, 6.07) is 12.4. The summed E-state index contributed by atoms with van der Waals surface area (Å²) in [5.74, 6) is 0. The third-order valence-electron chi connectivity index (χ3n) is 3.67. The van der Waals surface area contributed by atoms with E-state index in [9.17, 15) is 13.2 Å². The summed E-state index contributed by atoms with van der Waals surface area (Å²) in [5.41, 5.74) is 1.38. The van der Waals surface area contributed by atoms with Gasteiger partial charge in [-0.05, 0) is 42.8 Å². The molecular weight excluding hydrogens is 350 g/mol. The molecule has 0 spiro atoms. The van der Waals surface area contributed by atoms with Gasteiger partial charge in [0.1, 0.15) is 0 Å². The largest absolute Gasteiger partial charge is 0.322 e. The number of hydrogen-bond donors (Lipinski definition) is 2. The van der Waals surface area contributed by atoms with Crippen LogP contribution in [-0.2, 0) is 10.0 Å². The Kier molecular flexibility index (Phi) is 5.48. The first-order valence-electron chi connectivity index (χ1n) is 7.10. The van der Waals surface area contributed by atoms with Gasteiger partial charge in [0.25, 0.3) is 0 Å². The predicted octanol–water partition coefficient (Wildman–Crippen LogP) is 3.21. The zero-order valence-electron chi connectivity index (χ0n) is 13.2. The van der Waals surface area contributed by atoms with Crippen molar-refractivity contribution >= 4 is 33.3 Å². The van der Waals surface area contributed by atoms with Gasteiger partial charge in [0, 0.05) is 17.8 Å². The number of rotatable bonds is 4. The number of nitrogens with two attached hydrogens (primary N) is 1. The molecule has 3 N–H and O–H groups in total. The maximum absolute atomic E-state index is 12.3. The van der Waals surface area contributed by atoms with Crippen LogP contribution in [0.25, 0.3) is 0 Å². The lowest BCUT2D eigenvalue weighted by atomic mass is 10.1. The van der Waals surface area contributed by atoms with Crippen LogP contribution in [0.1, 0.15) is 18.5 Å². The first-order valence-corrected chi connectivity index (χ1v) is 9.03. The Balaban J connectivity index is 2.10. The normalized spacial score (nSPS) is 12.5. The predicted molar refractivity (Wildman–Crippen MR) is 94.5 cm³/mol. The lowest BCUT2D eigenvalue weighted by molar-refractivity contribution is 0.208. The number of sulfonamides is 1. The number of hydrogen-bond acceptors (Lipinski definition) is 3. The number of urea groups is 1. The molecule has 6 nitrogen and oxygen atoms in total. The Labute approximate surface area is 146 Å². The van der Waals surface area contributed by atoms with Crippen LogP contribution in [0.2, 0.25) is 5.02 Å². The molecule has 0 saturated carbocycles. The smallest absolute Gasteiger partial charge is 0.321 e. The van der Waals surface area contributed by atoms with Crippen molar-refractivity contribution in [1.82, 2.24) is 4.90 Å². The summed E-state index contributed by atoms with van der Waals surface area (Å²) >= 11 is 5.89. The van der Waals surface area contributed by atoms with Crippen LogP contribution in [0.4, 0.5) is 10.5 Å². The third kappa shape index (κ3) is 4.47. The van der Waals surface area contributed by atoms with Crippen molar-refractivity contribution in [3.05, 3.63) is 59.1 Å². The molecule has 0 radical (unpaired) electrons. The van der Waals surface area contributed by atoms with E-state index >= 15 is 0 Å². The summed E-state index contributed by atoms with van der Waals surface area (Å²) in [5, 5.41) is 8.36. The van der Waals surface area contributed by atoms with Gasteiger partial charge < -0.3 is 10.2 Å². The lowest BCUT2D eigenvalue weighted by Crippen LogP contribution is -2.33. The van der Waals surface area contributed by atoms with Crippen molar-refractivity contribution in [2.24, 2.45) is 5.14 Å². The van der Waals surface area contributed by atoms with E-state index < -0.39 is 10.0 Å². The van der Waals surface area contributed by atoms with Crippen LogP contribution in [0.3, 0.4) is 0 Å². The molecule has 2 aromatic carbocycles. The molecule has 2 amide bonds.